The number of esters is 1. The molecule has 4 aromatic carbocycles. The van der Waals surface area contributed by atoms with Crippen molar-refractivity contribution in [1.29, 1.82) is 0 Å². The predicted molar refractivity (Wildman–Crippen MR) is 295 cm³/mol. The molecule has 0 aromatic heterocycles. The lowest BCUT2D eigenvalue weighted by atomic mass is 10.0. The molecule has 0 bridgehead atoms. The molecule has 0 saturated carbocycles. The Morgan fingerprint density at radius 1 is 0.400 bits per heavy atom. The molecule has 434 valence electrons. The minimum absolute atomic E-state index is 0.0613. The van der Waals surface area contributed by atoms with Crippen LogP contribution in [0.15, 0.2) is 103 Å². The van der Waals surface area contributed by atoms with E-state index in [1.165, 1.54) is 21.3 Å². The number of methoxy groups -OCH3 is 3. The van der Waals surface area contributed by atoms with Gasteiger partial charge >= 0.3 is 12.0 Å². The van der Waals surface area contributed by atoms with Crippen LogP contribution in [-0.2, 0) is 44.7 Å². The van der Waals surface area contributed by atoms with Crippen LogP contribution in [0.5, 0.6) is 17.2 Å². The number of nitrogens with one attached hydrogen (secondary N) is 8. The zero-order chi connectivity index (χ0) is 57.6. The molecular weight excluding hydrogens is 1040 g/mol. The third kappa shape index (κ3) is 26.4. The van der Waals surface area contributed by atoms with Gasteiger partial charge in [-0.3, -0.25) is 33.6 Å². The van der Waals surface area contributed by atoms with Crippen LogP contribution in [0.4, 0.5) is 4.79 Å². The molecule has 0 spiro atoms. The maximum absolute atomic E-state index is 13.6. The number of hydrogen-bond donors (Lipinski definition) is 8. The summed E-state index contributed by atoms with van der Waals surface area (Å²) >= 11 is 0. The van der Waals surface area contributed by atoms with Crippen LogP contribution in [-0.4, -0.2) is 160 Å². The number of benzene rings is 4. The van der Waals surface area contributed by atoms with E-state index in [0.29, 0.717) is 72.8 Å². The van der Waals surface area contributed by atoms with Crippen LogP contribution in [0.3, 0.4) is 0 Å². The van der Waals surface area contributed by atoms with Crippen molar-refractivity contribution in [2.75, 3.05) is 107 Å². The lowest BCUT2D eigenvalue weighted by Crippen LogP contribution is -2.61. The van der Waals surface area contributed by atoms with E-state index in [1.54, 1.807) is 72.8 Å². The number of rotatable bonds is 39. The van der Waals surface area contributed by atoms with Gasteiger partial charge in [0.2, 0.25) is 17.7 Å². The van der Waals surface area contributed by atoms with Crippen LogP contribution in [0.1, 0.15) is 81.6 Å². The van der Waals surface area contributed by atoms with Crippen molar-refractivity contribution in [3.63, 3.8) is 0 Å². The largest absolute Gasteiger partial charge is 0.497 e. The second-order valence-corrected chi connectivity index (χ2v) is 18.0. The minimum Gasteiger partial charge on any atom is -0.497 e. The standard InChI is InChI=1S/C57H76N8O15/c1-74-46-18-12-43(13-19-46)53(70)61-31-7-28-58-49(66)25-35-77-39-57(65-56(73)64-34-24-52(69)80-38-42-10-5-4-6-11-42,40-78-36-26-50(67)59-29-8-32-62-54(71)44-14-20-47(75-2)21-15-44)41-79-37-27-51(68)60-30-9-33-63-55(72)45-16-22-48(76-3)23-17-45/h4-6,10-23H,7-9,24-41H2,1-3H3,(H,58,66)(H,59,67)(H,60,68)(H,61,70)(H,62,71)(H,63,72)(H2,64,65,73). The van der Waals surface area contributed by atoms with Crippen LogP contribution in [0, 0.1) is 0 Å². The highest BCUT2D eigenvalue weighted by Gasteiger charge is 2.34. The zero-order valence-electron chi connectivity index (χ0n) is 45.8. The molecule has 80 heavy (non-hydrogen) atoms. The Morgan fingerprint density at radius 2 is 0.750 bits per heavy atom. The van der Waals surface area contributed by atoms with Gasteiger partial charge in [-0.25, -0.2) is 4.79 Å². The normalized spacial score (nSPS) is 10.8. The van der Waals surface area contributed by atoms with Crippen LogP contribution >= 0.6 is 0 Å². The maximum atomic E-state index is 13.6. The molecule has 0 fully saturated rings. The summed E-state index contributed by atoms with van der Waals surface area (Å²) in [6.07, 6.45) is 1.03. The van der Waals surface area contributed by atoms with Gasteiger partial charge in [0.1, 0.15) is 29.4 Å². The lowest BCUT2D eigenvalue weighted by Gasteiger charge is -2.34. The summed E-state index contributed by atoms with van der Waals surface area (Å²) in [5.74, 6) is -0.436. The Morgan fingerprint density at radius 3 is 1.10 bits per heavy atom. The summed E-state index contributed by atoms with van der Waals surface area (Å²) in [6.45, 7) is 0.682. The van der Waals surface area contributed by atoms with E-state index in [2.05, 4.69) is 42.5 Å². The van der Waals surface area contributed by atoms with E-state index < -0.39 is 17.5 Å². The molecule has 0 unspecified atom stereocenters. The Hall–Kier alpha value is -8.28. The van der Waals surface area contributed by atoms with Crippen LogP contribution in [0.25, 0.3) is 0 Å². The van der Waals surface area contributed by atoms with E-state index >= 15 is 0 Å². The van der Waals surface area contributed by atoms with Gasteiger partial charge in [0.15, 0.2) is 0 Å². The summed E-state index contributed by atoms with van der Waals surface area (Å²) in [4.78, 5) is 102. The van der Waals surface area contributed by atoms with Gasteiger partial charge in [0, 0.05) is 81.8 Å². The molecule has 0 aliphatic carbocycles. The molecule has 4 aromatic rings. The maximum Gasteiger partial charge on any atom is 0.315 e. The molecule has 23 nitrogen and oxygen atoms in total. The van der Waals surface area contributed by atoms with Gasteiger partial charge < -0.3 is 75.7 Å². The topological polar surface area (TPSA) is 297 Å². The molecule has 8 N–H and O–H groups in total. The van der Waals surface area contributed by atoms with E-state index in [4.69, 9.17) is 33.2 Å². The Balaban J connectivity index is 1.31. The summed E-state index contributed by atoms with van der Waals surface area (Å²) in [6, 6.07) is 28.4. The van der Waals surface area contributed by atoms with Crippen LogP contribution < -0.4 is 56.7 Å². The molecule has 0 heterocycles. The van der Waals surface area contributed by atoms with Crippen LogP contribution in [0.2, 0.25) is 0 Å². The average Bonchev–Trinajstić information content (AvgIpc) is 3.48. The van der Waals surface area contributed by atoms with Gasteiger partial charge in [-0.15, -0.1) is 0 Å². The van der Waals surface area contributed by atoms with Crippen molar-refractivity contribution in [2.24, 2.45) is 0 Å². The van der Waals surface area contributed by atoms with Crippen molar-refractivity contribution in [2.45, 2.75) is 57.1 Å². The van der Waals surface area contributed by atoms with E-state index in [0.717, 1.165) is 5.56 Å². The fourth-order valence-electron chi connectivity index (χ4n) is 7.26. The molecule has 0 aliphatic heterocycles. The summed E-state index contributed by atoms with van der Waals surface area (Å²) in [5.41, 5.74) is 0.740. The fourth-order valence-corrected chi connectivity index (χ4v) is 7.26. The first-order valence-electron chi connectivity index (χ1n) is 26.4. The molecule has 0 saturated heterocycles. The third-order valence-electron chi connectivity index (χ3n) is 11.7. The molecule has 0 radical (unpaired) electrons. The van der Waals surface area contributed by atoms with Crippen molar-refractivity contribution >= 4 is 47.4 Å². The quantitative estimate of drug-likeness (QED) is 0.0235. The highest BCUT2D eigenvalue weighted by atomic mass is 16.5. The number of urea groups is 1. The van der Waals surface area contributed by atoms with Crippen molar-refractivity contribution in [3.05, 3.63) is 125 Å². The van der Waals surface area contributed by atoms with Gasteiger partial charge in [-0.05, 0) is 97.6 Å². The first kappa shape index (κ1) is 64.2. The number of carbonyl (C=O) groups is 8. The average molecular weight is 1110 g/mol. The SMILES string of the molecule is COc1ccc(C(=O)NCCCNC(=O)CCOCC(COCCC(=O)NCCCNC(=O)c2ccc(OC)cc2)(COCCC(=O)NCCCNC(=O)c2ccc(OC)cc2)NC(=O)NCCC(=O)OCc2ccccc2)cc1. The van der Waals surface area contributed by atoms with Crippen molar-refractivity contribution < 1.29 is 71.5 Å². The summed E-state index contributed by atoms with van der Waals surface area (Å²) < 4.78 is 38.7. The highest BCUT2D eigenvalue weighted by Crippen LogP contribution is 2.14. The van der Waals surface area contributed by atoms with Crippen molar-refractivity contribution in [3.8, 4) is 17.2 Å². The number of ether oxygens (including phenoxy) is 7. The van der Waals surface area contributed by atoms with Gasteiger partial charge in [0.25, 0.3) is 17.7 Å². The Bertz CT molecular complexity index is 2300. The number of carbonyl (C=O) groups excluding carboxylic acids is 8. The lowest BCUT2D eigenvalue weighted by molar-refractivity contribution is -0.144. The smallest absolute Gasteiger partial charge is 0.315 e. The minimum atomic E-state index is -1.46. The second-order valence-electron chi connectivity index (χ2n) is 18.0. The first-order chi connectivity index (χ1) is 38.8. The van der Waals surface area contributed by atoms with E-state index in [9.17, 15) is 38.4 Å². The Kier molecular flexibility index (Phi) is 30.1. The summed E-state index contributed by atoms with van der Waals surface area (Å²) in [7, 11) is 4.61. The monoisotopic (exact) mass is 1110 g/mol. The second kappa shape index (κ2) is 37.5. The highest BCUT2D eigenvalue weighted by molar-refractivity contribution is 5.95. The molecule has 23 heteroatoms. The zero-order valence-corrected chi connectivity index (χ0v) is 45.8. The first-order valence-corrected chi connectivity index (χ1v) is 26.4. The number of amides is 8. The van der Waals surface area contributed by atoms with Gasteiger partial charge in [0.05, 0.1) is 67.4 Å². The molecule has 8 amide bonds. The van der Waals surface area contributed by atoms with Gasteiger partial charge in [-0.1, -0.05) is 30.3 Å². The van der Waals surface area contributed by atoms with E-state index in [1.807, 2.05) is 30.3 Å². The third-order valence-corrected chi connectivity index (χ3v) is 11.7. The van der Waals surface area contributed by atoms with Crippen molar-refractivity contribution in [1.82, 2.24) is 42.5 Å². The molecule has 4 rings (SSSR count). The van der Waals surface area contributed by atoms with E-state index in [-0.39, 0.29) is 134 Å². The predicted octanol–water partition coefficient (Wildman–Crippen LogP) is 3.21. The number of hydrogen-bond acceptors (Lipinski definition) is 15. The van der Waals surface area contributed by atoms with Gasteiger partial charge in [-0.2, -0.15) is 0 Å². The fraction of sp³-hybridized carbons (Fsp3) is 0.439. The Labute approximate surface area is 466 Å². The summed E-state index contributed by atoms with van der Waals surface area (Å²) in [5, 5.41) is 22.3. The molecule has 0 aliphatic rings. The molecule has 0 atom stereocenters. The molecular formula is C57H76N8O15.